The summed E-state index contributed by atoms with van der Waals surface area (Å²) >= 11 is 0. The molecule has 0 radical (unpaired) electrons. The summed E-state index contributed by atoms with van der Waals surface area (Å²) in [6.07, 6.45) is 6.38. The van der Waals surface area contributed by atoms with Crippen molar-refractivity contribution in [3.8, 4) is 0 Å². The van der Waals surface area contributed by atoms with Gasteiger partial charge in [0.15, 0.2) is 5.82 Å². The summed E-state index contributed by atoms with van der Waals surface area (Å²) in [5.41, 5.74) is 1.19. The van der Waals surface area contributed by atoms with Crippen LogP contribution in [0.4, 0.5) is 0 Å². The van der Waals surface area contributed by atoms with E-state index in [1.165, 1.54) is 12.8 Å². The lowest BCUT2D eigenvalue weighted by molar-refractivity contribution is 0.0935. The lowest BCUT2D eigenvalue weighted by Crippen LogP contribution is -2.34. The van der Waals surface area contributed by atoms with E-state index in [0.717, 1.165) is 24.4 Å². The fourth-order valence-corrected chi connectivity index (χ4v) is 3.49. The van der Waals surface area contributed by atoms with Crippen molar-refractivity contribution in [1.82, 2.24) is 25.1 Å². The molecule has 7 heteroatoms. The molecular weight excluding hydrogens is 306 g/mol. The van der Waals surface area contributed by atoms with Crippen molar-refractivity contribution in [2.45, 2.75) is 58.5 Å². The summed E-state index contributed by atoms with van der Waals surface area (Å²) in [5, 5.41) is 11.1. The molecule has 0 unspecified atom stereocenters. The van der Waals surface area contributed by atoms with Gasteiger partial charge in [0.2, 0.25) is 0 Å². The highest BCUT2D eigenvalue weighted by molar-refractivity contribution is 5.95. The molecular formula is C17H23N5O2. The van der Waals surface area contributed by atoms with Crippen LogP contribution in [0.3, 0.4) is 0 Å². The van der Waals surface area contributed by atoms with Crippen LogP contribution in [0.2, 0.25) is 0 Å². The number of hydrogen-bond acceptors (Lipinski definition) is 4. The molecule has 0 spiro atoms. The summed E-state index contributed by atoms with van der Waals surface area (Å²) in [7, 11) is 0. The van der Waals surface area contributed by atoms with E-state index >= 15 is 0 Å². The van der Waals surface area contributed by atoms with Crippen molar-refractivity contribution in [3.05, 3.63) is 45.4 Å². The van der Waals surface area contributed by atoms with Gasteiger partial charge in [0.1, 0.15) is 11.9 Å². The monoisotopic (exact) mass is 329 g/mol. The fourth-order valence-electron chi connectivity index (χ4n) is 3.49. The van der Waals surface area contributed by atoms with Crippen molar-refractivity contribution >= 4 is 5.91 Å². The number of carbonyl (C=O) groups is 1. The van der Waals surface area contributed by atoms with Crippen LogP contribution in [0.1, 0.15) is 72.1 Å². The van der Waals surface area contributed by atoms with Crippen LogP contribution >= 0.6 is 0 Å². The molecule has 2 heterocycles. The largest absolute Gasteiger partial charge is 0.342 e. The van der Waals surface area contributed by atoms with E-state index in [1.807, 2.05) is 6.92 Å². The average molecular weight is 329 g/mol. The molecule has 1 amide bonds. The van der Waals surface area contributed by atoms with Gasteiger partial charge in [-0.05, 0) is 45.2 Å². The minimum atomic E-state index is -0.387. The second kappa shape index (κ2) is 6.59. The molecule has 1 saturated carbocycles. The second-order valence-corrected chi connectivity index (χ2v) is 6.57. The van der Waals surface area contributed by atoms with Gasteiger partial charge in [-0.1, -0.05) is 12.8 Å². The summed E-state index contributed by atoms with van der Waals surface area (Å²) < 4.78 is 2.06. The van der Waals surface area contributed by atoms with Crippen molar-refractivity contribution in [1.29, 1.82) is 0 Å². The van der Waals surface area contributed by atoms with E-state index in [-0.39, 0.29) is 23.1 Å². The number of carbonyl (C=O) groups excluding carboxylic acids is 1. The lowest BCUT2D eigenvalue weighted by atomic mass is 10.1. The Balaban J connectivity index is 1.81. The van der Waals surface area contributed by atoms with Crippen LogP contribution < -0.4 is 10.9 Å². The van der Waals surface area contributed by atoms with Crippen LogP contribution in [0.5, 0.6) is 0 Å². The molecule has 0 aromatic carbocycles. The average Bonchev–Trinajstić information content (AvgIpc) is 3.17. The Labute approximate surface area is 140 Å². The molecule has 0 bridgehead atoms. The number of aromatic nitrogens is 4. The molecule has 0 saturated heterocycles. The van der Waals surface area contributed by atoms with Gasteiger partial charge in [0, 0.05) is 11.7 Å². The summed E-state index contributed by atoms with van der Waals surface area (Å²) in [6, 6.07) is 1.88. The van der Waals surface area contributed by atoms with Gasteiger partial charge in [-0.25, -0.2) is 0 Å². The zero-order chi connectivity index (χ0) is 17.3. The number of H-pyrrole nitrogens is 1. The van der Waals surface area contributed by atoms with Gasteiger partial charge in [0.05, 0.1) is 6.04 Å². The van der Waals surface area contributed by atoms with Crippen molar-refractivity contribution in [2.75, 3.05) is 0 Å². The first-order chi connectivity index (χ1) is 11.5. The number of aromatic amines is 1. The predicted molar refractivity (Wildman–Crippen MR) is 89.9 cm³/mol. The maximum Gasteiger partial charge on any atom is 0.261 e. The van der Waals surface area contributed by atoms with Crippen LogP contribution in [-0.4, -0.2) is 25.7 Å². The Hall–Kier alpha value is -2.44. The zero-order valence-electron chi connectivity index (χ0n) is 14.3. The van der Waals surface area contributed by atoms with Crippen LogP contribution in [-0.2, 0) is 0 Å². The van der Waals surface area contributed by atoms with Gasteiger partial charge in [-0.2, -0.15) is 0 Å². The molecule has 2 N–H and O–H groups in total. The molecule has 24 heavy (non-hydrogen) atoms. The lowest BCUT2D eigenvalue weighted by Gasteiger charge is -2.19. The van der Waals surface area contributed by atoms with Gasteiger partial charge in [0.25, 0.3) is 11.5 Å². The highest BCUT2D eigenvalue weighted by atomic mass is 16.2. The van der Waals surface area contributed by atoms with E-state index in [1.54, 1.807) is 26.2 Å². The molecule has 7 nitrogen and oxygen atoms in total. The Morgan fingerprint density at radius 3 is 2.75 bits per heavy atom. The SMILES string of the molecule is Cc1cc(C)c(C(=O)N[C@H](C)c2nncn2C2CCCC2)c(=O)[nH]1. The van der Waals surface area contributed by atoms with Gasteiger partial charge in [-0.3, -0.25) is 9.59 Å². The molecule has 1 fully saturated rings. The quantitative estimate of drug-likeness (QED) is 0.899. The van der Waals surface area contributed by atoms with Gasteiger partial charge in [-0.15, -0.1) is 10.2 Å². The molecule has 2 aromatic heterocycles. The van der Waals surface area contributed by atoms with Crippen molar-refractivity contribution in [3.63, 3.8) is 0 Å². The van der Waals surface area contributed by atoms with Crippen LogP contribution in [0.15, 0.2) is 17.2 Å². The van der Waals surface area contributed by atoms with Crippen molar-refractivity contribution < 1.29 is 4.79 Å². The first-order valence-electron chi connectivity index (χ1n) is 8.38. The third-order valence-corrected chi connectivity index (χ3v) is 4.65. The number of aryl methyl sites for hydroxylation is 2. The van der Waals surface area contributed by atoms with Crippen LogP contribution in [0, 0.1) is 13.8 Å². The Kier molecular flexibility index (Phi) is 4.51. The van der Waals surface area contributed by atoms with E-state index in [2.05, 4.69) is 25.1 Å². The molecule has 3 rings (SSSR count). The van der Waals surface area contributed by atoms with E-state index in [0.29, 0.717) is 11.6 Å². The summed E-state index contributed by atoms with van der Waals surface area (Å²) in [6.45, 7) is 5.43. The minimum absolute atomic E-state index is 0.152. The molecule has 1 atom stereocenters. The number of amides is 1. The molecule has 1 aliphatic carbocycles. The first-order valence-corrected chi connectivity index (χ1v) is 8.38. The number of nitrogens with zero attached hydrogens (tertiary/aromatic N) is 3. The topological polar surface area (TPSA) is 92.7 Å². The summed E-state index contributed by atoms with van der Waals surface area (Å²) in [5.74, 6) is 0.346. The van der Waals surface area contributed by atoms with Gasteiger partial charge < -0.3 is 14.9 Å². The number of hydrogen-bond donors (Lipinski definition) is 2. The molecule has 0 aliphatic heterocycles. The Morgan fingerprint density at radius 2 is 2.08 bits per heavy atom. The Morgan fingerprint density at radius 1 is 1.38 bits per heavy atom. The second-order valence-electron chi connectivity index (χ2n) is 6.57. The molecule has 128 valence electrons. The third-order valence-electron chi connectivity index (χ3n) is 4.65. The minimum Gasteiger partial charge on any atom is -0.342 e. The number of nitrogens with one attached hydrogen (secondary N) is 2. The van der Waals surface area contributed by atoms with E-state index < -0.39 is 0 Å². The highest BCUT2D eigenvalue weighted by Crippen LogP contribution is 2.31. The van der Waals surface area contributed by atoms with Gasteiger partial charge >= 0.3 is 0 Å². The van der Waals surface area contributed by atoms with Crippen LogP contribution in [0.25, 0.3) is 0 Å². The molecule has 2 aromatic rings. The highest BCUT2D eigenvalue weighted by Gasteiger charge is 2.24. The zero-order valence-corrected chi connectivity index (χ0v) is 14.3. The fraction of sp³-hybridized carbons (Fsp3) is 0.529. The number of pyridine rings is 1. The van der Waals surface area contributed by atoms with E-state index in [9.17, 15) is 9.59 Å². The maximum atomic E-state index is 12.5. The number of rotatable bonds is 4. The predicted octanol–water partition coefficient (Wildman–Crippen LogP) is 2.19. The smallest absolute Gasteiger partial charge is 0.261 e. The van der Waals surface area contributed by atoms with Crippen molar-refractivity contribution in [2.24, 2.45) is 0 Å². The molecule has 1 aliphatic rings. The first kappa shape index (κ1) is 16.4. The van der Waals surface area contributed by atoms with E-state index in [4.69, 9.17) is 0 Å². The maximum absolute atomic E-state index is 12.5. The standard InChI is InChI=1S/C17H23N5O2/c1-10-8-11(2)19-16(23)14(10)17(24)20-12(3)15-21-18-9-22(15)13-6-4-5-7-13/h8-9,12-13H,4-7H2,1-3H3,(H,19,23)(H,20,24)/t12-/m1/s1. The third kappa shape index (κ3) is 3.11. The normalized spacial score (nSPS) is 16.3. The Bertz CT molecular complexity index is 802. The summed E-state index contributed by atoms with van der Waals surface area (Å²) in [4.78, 5) is 27.3.